The van der Waals surface area contributed by atoms with Crippen LogP contribution in [-0.4, -0.2) is 30.0 Å². The summed E-state index contributed by atoms with van der Waals surface area (Å²) < 4.78 is 6.92. The Morgan fingerprint density at radius 3 is 2.79 bits per heavy atom. The fourth-order valence-electron chi connectivity index (χ4n) is 1.89. The van der Waals surface area contributed by atoms with Gasteiger partial charge in [-0.2, -0.15) is 5.10 Å². The summed E-state index contributed by atoms with van der Waals surface area (Å²) in [7, 11) is 1.74. The molecule has 0 amide bonds. The van der Waals surface area contributed by atoms with Gasteiger partial charge in [-0.1, -0.05) is 18.2 Å². The van der Waals surface area contributed by atoms with Gasteiger partial charge in [-0.05, 0) is 37.6 Å². The molecule has 1 N–H and O–H groups in total. The third-order valence-electron chi connectivity index (χ3n) is 2.92. The molecule has 0 saturated carbocycles. The van der Waals surface area contributed by atoms with Crippen LogP contribution in [0.1, 0.15) is 18.5 Å². The summed E-state index contributed by atoms with van der Waals surface area (Å²) in [5.41, 5.74) is 2.16. The predicted octanol–water partition coefficient (Wildman–Crippen LogP) is 2.39. The molecule has 0 aliphatic carbocycles. The number of unbranched alkanes of at least 4 members (excludes halogenated alkanes) is 1. The van der Waals surface area contributed by atoms with Crippen molar-refractivity contribution in [2.75, 3.05) is 20.3 Å². The van der Waals surface area contributed by atoms with Crippen molar-refractivity contribution in [3.8, 4) is 5.69 Å². The van der Waals surface area contributed by atoms with E-state index in [-0.39, 0.29) is 0 Å². The maximum Gasteiger partial charge on any atom is 0.0766 e. The minimum atomic E-state index is 0.812. The Morgan fingerprint density at radius 1 is 1.16 bits per heavy atom. The number of benzene rings is 1. The van der Waals surface area contributed by atoms with Gasteiger partial charge in [0.25, 0.3) is 0 Å². The van der Waals surface area contributed by atoms with Crippen LogP contribution in [0.25, 0.3) is 5.69 Å². The molecule has 0 unspecified atom stereocenters. The molecule has 0 radical (unpaired) electrons. The highest BCUT2D eigenvalue weighted by Gasteiger charge is 2.00. The molecule has 1 aromatic carbocycles. The predicted molar refractivity (Wildman–Crippen MR) is 76.4 cm³/mol. The molecule has 19 heavy (non-hydrogen) atoms. The Hall–Kier alpha value is -1.65. The number of hydrogen-bond acceptors (Lipinski definition) is 3. The zero-order valence-electron chi connectivity index (χ0n) is 11.4. The lowest BCUT2D eigenvalue weighted by Gasteiger charge is -2.03. The molecular formula is C15H21N3O. The first-order chi connectivity index (χ1) is 9.40. The van der Waals surface area contributed by atoms with E-state index < -0.39 is 0 Å². The summed E-state index contributed by atoms with van der Waals surface area (Å²) in [6, 6.07) is 12.2. The van der Waals surface area contributed by atoms with Crippen LogP contribution in [-0.2, 0) is 11.3 Å². The average Bonchev–Trinajstić information content (AvgIpc) is 2.92. The van der Waals surface area contributed by atoms with Gasteiger partial charge in [-0.15, -0.1) is 0 Å². The molecule has 0 atom stereocenters. The summed E-state index contributed by atoms with van der Waals surface area (Å²) in [4.78, 5) is 0. The summed E-state index contributed by atoms with van der Waals surface area (Å²) in [6.45, 7) is 2.65. The lowest BCUT2D eigenvalue weighted by Crippen LogP contribution is -2.15. The van der Waals surface area contributed by atoms with Gasteiger partial charge in [-0.25, -0.2) is 4.68 Å². The Kier molecular flexibility index (Phi) is 5.59. The maximum atomic E-state index is 5.02. The Morgan fingerprint density at radius 2 is 2.00 bits per heavy atom. The van der Waals surface area contributed by atoms with Crippen molar-refractivity contribution in [3.63, 3.8) is 0 Å². The Balaban J connectivity index is 1.75. The van der Waals surface area contributed by atoms with Crippen molar-refractivity contribution in [2.24, 2.45) is 0 Å². The van der Waals surface area contributed by atoms with Crippen LogP contribution in [0.5, 0.6) is 0 Å². The number of hydrogen-bond donors (Lipinski definition) is 1. The van der Waals surface area contributed by atoms with Gasteiger partial charge in [-0.3, -0.25) is 0 Å². The van der Waals surface area contributed by atoms with Crippen molar-refractivity contribution in [3.05, 3.63) is 48.3 Å². The quantitative estimate of drug-likeness (QED) is 0.740. The van der Waals surface area contributed by atoms with E-state index in [1.165, 1.54) is 0 Å². The van der Waals surface area contributed by atoms with Crippen molar-refractivity contribution in [2.45, 2.75) is 19.4 Å². The zero-order chi connectivity index (χ0) is 13.3. The van der Waals surface area contributed by atoms with Gasteiger partial charge in [0, 0.05) is 26.5 Å². The van der Waals surface area contributed by atoms with Crippen LogP contribution < -0.4 is 5.32 Å². The van der Waals surface area contributed by atoms with Crippen LogP contribution >= 0.6 is 0 Å². The highest BCUT2D eigenvalue weighted by Crippen LogP contribution is 2.06. The van der Waals surface area contributed by atoms with Gasteiger partial charge in [0.1, 0.15) is 0 Å². The van der Waals surface area contributed by atoms with E-state index in [9.17, 15) is 0 Å². The number of methoxy groups -OCH3 is 1. The first-order valence-corrected chi connectivity index (χ1v) is 6.70. The van der Waals surface area contributed by atoms with Gasteiger partial charge < -0.3 is 10.1 Å². The number of nitrogens with one attached hydrogen (secondary N) is 1. The highest BCUT2D eigenvalue weighted by atomic mass is 16.5. The smallest absolute Gasteiger partial charge is 0.0766 e. The van der Waals surface area contributed by atoms with E-state index in [1.807, 2.05) is 29.1 Å². The third kappa shape index (κ3) is 4.50. The molecule has 0 fully saturated rings. The molecule has 2 aromatic rings. The first kappa shape index (κ1) is 13.8. The minimum absolute atomic E-state index is 0.812. The minimum Gasteiger partial charge on any atom is -0.385 e. The molecule has 0 aliphatic heterocycles. The molecule has 1 aromatic heterocycles. The summed E-state index contributed by atoms with van der Waals surface area (Å²) in [5.74, 6) is 0. The lowest BCUT2D eigenvalue weighted by molar-refractivity contribution is 0.192. The molecular weight excluding hydrogens is 238 g/mol. The number of rotatable bonds is 8. The second-order valence-corrected chi connectivity index (χ2v) is 4.46. The number of ether oxygens (including phenoxy) is 1. The molecule has 102 valence electrons. The number of nitrogens with zero attached hydrogens (tertiary/aromatic N) is 2. The topological polar surface area (TPSA) is 39.1 Å². The standard InChI is InChI=1S/C15H21N3O/c1-19-12-6-5-10-16-13-14-9-11-18(17-14)15-7-3-2-4-8-15/h2-4,7-9,11,16H,5-6,10,12-13H2,1H3. The van der Waals surface area contributed by atoms with Crippen LogP contribution in [0.2, 0.25) is 0 Å². The van der Waals surface area contributed by atoms with Crippen molar-refractivity contribution in [1.29, 1.82) is 0 Å². The van der Waals surface area contributed by atoms with Gasteiger partial charge in [0.15, 0.2) is 0 Å². The van der Waals surface area contributed by atoms with Crippen LogP contribution in [0, 0.1) is 0 Å². The second-order valence-electron chi connectivity index (χ2n) is 4.46. The monoisotopic (exact) mass is 259 g/mol. The van der Waals surface area contributed by atoms with Crippen LogP contribution in [0.4, 0.5) is 0 Å². The molecule has 0 bridgehead atoms. The second kappa shape index (κ2) is 7.71. The molecule has 4 heteroatoms. The van der Waals surface area contributed by atoms with Crippen molar-refractivity contribution < 1.29 is 4.74 Å². The molecule has 0 aliphatic rings. The molecule has 1 heterocycles. The van der Waals surface area contributed by atoms with E-state index >= 15 is 0 Å². The fraction of sp³-hybridized carbons (Fsp3) is 0.400. The lowest BCUT2D eigenvalue weighted by atomic mass is 10.3. The molecule has 0 spiro atoms. The zero-order valence-corrected chi connectivity index (χ0v) is 11.4. The van der Waals surface area contributed by atoms with E-state index in [2.05, 4.69) is 28.6 Å². The average molecular weight is 259 g/mol. The SMILES string of the molecule is COCCCCNCc1ccn(-c2ccccc2)n1. The summed E-state index contributed by atoms with van der Waals surface area (Å²) >= 11 is 0. The molecule has 2 rings (SSSR count). The Bertz CT molecular complexity index is 467. The van der Waals surface area contributed by atoms with E-state index in [4.69, 9.17) is 4.74 Å². The molecule has 0 saturated heterocycles. The van der Waals surface area contributed by atoms with E-state index in [1.54, 1.807) is 7.11 Å². The van der Waals surface area contributed by atoms with Crippen LogP contribution in [0.15, 0.2) is 42.6 Å². The van der Waals surface area contributed by atoms with E-state index in [0.717, 1.165) is 43.9 Å². The van der Waals surface area contributed by atoms with Crippen molar-refractivity contribution >= 4 is 0 Å². The number of aromatic nitrogens is 2. The number of para-hydroxylation sites is 1. The fourth-order valence-corrected chi connectivity index (χ4v) is 1.89. The largest absolute Gasteiger partial charge is 0.385 e. The first-order valence-electron chi connectivity index (χ1n) is 6.70. The third-order valence-corrected chi connectivity index (χ3v) is 2.92. The Labute approximate surface area is 114 Å². The maximum absolute atomic E-state index is 5.02. The summed E-state index contributed by atoms with van der Waals surface area (Å²) in [5, 5.41) is 7.94. The van der Waals surface area contributed by atoms with Crippen LogP contribution in [0.3, 0.4) is 0 Å². The van der Waals surface area contributed by atoms with E-state index in [0.29, 0.717) is 0 Å². The van der Waals surface area contributed by atoms with Crippen molar-refractivity contribution in [1.82, 2.24) is 15.1 Å². The highest BCUT2D eigenvalue weighted by molar-refractivity contribution is 5.30. The normalized spacial score (nSPS) is 10.8. The molecule has 4 nitrogen and oxygen atoms in total. The summed E-state index contributed by atoms with van der Waals surface area (Å²) in [6.07, 6.45) is 4.23. The van der Waals surface area contributed by atoms with Gasteiger partial charge >= 0.3 is 0 Å². The van der Waals surface area contributed by atoms with Gasteiger partial charge in [0.2, 0.25) is 0 Å². The van der Waals surface area contributed by atoms with Gasteiger partial charge in [0.05, 0.1) is 11.4 Å².